The molecule has 6 heteroatoms. The minimum Gasteiger partial charge on any atom is -0.497 e. The predicted molar refractivity (Wildman–Crippen MR) is 137 cm³/mol. The van der Waals surface area contributed by atoms with Crippen LogP contribution in [0.3, 0.4) is 0 Å². The summed E-state index contributed by atoms with van der Waals surface area (Å²) in [5, 5.41) is 5.12. The zero-order valence-corrected chi connectivity index (χ0v) is 20.5. The van der Waals surface area contributed by atoms with Gasteiger partial charge in [0.15, 0.2) is 5.16 Å². The molecule has 4 aromatic rings. The molecule has 1 aromatic heterocycles. The van der Waals surface area contributed by atoms with E-state index in [1.807, 2.05) is 42.5 Å². The molecular weight excluding hydrogens is 430 g/mol. The summed E-state index contributed by atoms with van der Waals surface area (Å²) in [6.07, 6.45) is 0. The van der Waals surface area contributed by atoms with Gasteiger partial charge in [-0.25, -0.2) is 9.97 Å². The Morgan fingerprint density at radius 1 is 0.848 bits per heavy atom. The predicted octanol–water partition coefficient (Wildman–Crippen LogP) is 6.98. The van der Waals surface area contributed by atoms with E-state index in [0.29, 0.717) is 11.5 Å². The number of fused-ring (bicyclic) bond motifs is 1. The number of ether oxygens (including phenoxy) is 2. The van der Waals surface area contributed by atoms with Crippen LogP contribution in [-0.2, 0) is 11.2 Å². The van der Waals surface area contributed by atoms with Crippen LogP contribution in [0.15, 0.2) is 71.9 Å². The van der Waals surface area contributed by atoms with E-state index in [1.54, 1.807) is 26.0 Å². The van der Waals surface area contributed by atoms with E-state index in [9.17, 15) is 0 Å². The number of para-hydroxylation sites is 1. The summed E-state index contributed by atoms with van der Waals surface area (Å²) in [5.41, 5.74) is 4.46. The molecule has 5 nitrogen and oxygen atoms in total. The summed E-state index contributed by atoms with van der Waals surface area (Å²) in [6, 6.07) is 22.5. The summed E-state index contributed by atoms with van der Waals surface area (Å²) in [5.74, 6) is 2.98. The number of hydrogen-bond donors (Lipinski definition) is 1. The van der Waals surface area contributed by atoms with Gasteiger partial charge >= 0.3 is 0 Å². The molecule has 4 rings (SSSR count). The molecule has 0 amide bonds. The number of hydrogen-bond acceptors (Lipinski definition) is 6. The Morgan fingerprint density at radius 3 is 2.15 bits per heavy atom. The molecule has 0 aliphatic rings. The Kier molecular flexibility index (Phi) is 6.75. The van der Waals surface area contributed by atoms with Crippen molar-refractivity contribution in [1.82, 2.24) is 9.97 Å². The van der Waals surface area contributed by atoms with Crippen molar-refractivity contribution in [3.63, 3.8) is 0 Å². The lowest BCUT2D eigenvalue weighted by atomic mass is 9.87. The van der Waals surface area contributed by atoms with E-state index >= 15 is 0 Å². The Balaban J connectivity index is 1.61. The molecule has 0 bridgehead atoms. The fourth-order valence-corrected chi connectivity index (χ4v) is 4.29. The van der Waals surface area contributed by atoms with Gasteiger partial charge in [0, 0.05) is 35.0 Å². The van der Waals surface area contributed by atoms with E-state index in [0.717, 1.165) is 33.3 Å². The smallest absolute Gasteiger partial charge is 0.190 e. The van der Waals surface area contributed by atoms with Gasteiger partial charge in [0.1, 0.15) is 17.3 Å². The van der Waals surface area contributed by atoms with Gasteiger partial charge in [-0.1, -0.05) is 68.9 Å². The van der Waals surface area contributed by atoms with Gasteiger partial charge in [-0.2, -0.15) is 0 Å². The number of nitrogens with one attached hydrogen (secondary N) is 1. The summed E-state index contributed by atoms with van der Waals surface area (Å²) < 4.78 is 10.8. The van der Waals surface area contributed by atoms with E-state index in [1.165, 1.54) is 11.1 Å². The Hall–Kier alpha value is -3.25. The Labute approximate surface area is 199 Å². The molecule has 0 fully saturated rings. The third-order valence-electron chi connectivity index (χ3n) is 5.38. The lowest BCUT2D eigenvalue weighted by molar-refractivity contribution is 0.395. The fraction of sp³-hybridized carbons (Fsp3) is 0.259. The number of nitrogens with zero attached hydrogens (tertiary/aromatic N) is 2. The summed E-state index contributed by atoms with van der Waals surface area (Å²) in [4.78, 5) is 9.62. The molecular formula is C27H29N3O2S. The van der Waals surface area contributed by atoms with E-state index in [4.69, 9.17) is 19.4 Å². The second kappa shape index (κ2) is 9.71. The number of rotatable bonds is 7. The first-order valence-electron chi connectivity index (χ1n) is 10.8. The van der Waals surface area contributed by atoms with Crippen LogP contribution in [0.1, 0.15) is 31.9 Å². The van der Waals surface area contributed by atoms with Gasteiger partial charge in [0.2, 0.25) is 0 Å². The summed E-state index contributed by atoms with van der Waals surface area (Å²) >= 11 is 1.63. The highest BCUT2D eigenvalue weighted by molar-refractivity contribution is 7.98. The van der Waals surface area contributed by atoms with Gasteiger partial charge in [0.25, 0.3) is 0 Å². The largest absolute Gasteiger partial charge is 0.497 e. The van der Waals surface area contributed by atoms with Gasteiger partial charge in [-0.05, 0) is 28.7 Å². The minimum absolute atomic E-state index is 0.149. The highest BCUT2D eigenvalue weighted by Gasteiger charge is 2.14. The number of aromatic nitrogens is 2. The van der Waals surface area contributed by atoms with Crippen molar-refractivity contribution in [2.24, 2.45) is 0 Å². The van der Waals surface area contributed by atoms with Crippen LogP contribution in [-0.4, -0.2) is 24.2 Å². The van der Waals surface area contributed by atoms with Crippen LogP contribution in [0.4, 0.5) is 11.5 Å². The zero-order valence-electron chi connectivity index (χ0n) is 19.7. The molecule has 3 aromatic carbocycles. The number of anilines is 2. The lowest BCUT2D eigenvalue weighted by Gasteiger charge is -2.19. The molecule has 0 spiro atoms. The summed E-state index contributed by atoms with van der Waals surface area (Å²) in [7, 11) is 3.28. The number of thioether (sulfide) groups is 1. The van der Waals surface area contributed by atoms with E-state index in [2.05, 4.69) is 50.4 Å². The Morgan fingerprint density at radius 2 is 1.52 bits per heavy atom. The second-order valence-electron chi connectivity index (χ2n) is 8.83. The quantitative estimate of drug-likeness (QED) is 0.238. The first-order chi connectivity index (χ1) is 15.9. The first-order valence-corrected chi connectivity index (χ1v) is 11.8. The third-order valence-corrected chi connectivity index (χ3v) is 6.30. The van der Waals surface area contributed by atoms with Gasteiger partial charge in [-0.15, -0.1) is 0 Å². The van der Waals surface area contributed by atoms with Crippen molar-refractivity contribution in [2.45, 2.75) is 37.1 Å². The average molecular weight is 460 g/mol. The second-order valence-corrected chi connectivity index (χ2v) is 9.78. The number of methoxy groups -OCH3 is 2. The van der Waals surface area contributed by atoms with E-state index < -0.39 is 0 Å². The fourth-order valence-electron chi connectivity index (χ4n) is 3.48. The topological polar surface area (TPSA) is 56.3 Å². The molecule has 0 saturated heterocycles. The molecule has 0 saturated carbocycles. The molecule has 0 radical (unpaired) electrons. The average Bonchev–Trinajstić information content (AvgIpc) is 2.82. The van der Waals surface area contributed by atoms with Crippen molar-refractivity contribution in [2.75, 3.05) is 19.5 Å². The van der Waals surface area contributed by atoms with Crippen molar-refractivity contribution >= 4 is 34.2 Å². The lowest BCUT2D eigenvalue weighted by Crippen LogP contribution is -2.10. The molecule has 0 atom stereocenters. The monoisotopic (exact) mass is 459 g/mol. The maximum atomic E-state index is 5.41. The zero-order chi connectivity index (χ0) is 23.4. The van der Waals surface area contributed by atoms with Crippen LogP contribution >= 0.6 is 11.8 Å². The van der Waals surface area contributed by atoms with Gasteiger partial charge in [-0.3, -0.25) is 0 Å². The van der Waals surface area contributed by atoms with Crippen LogP contribution in [0.25, 0.3) is 10.9 Å². The summed E-state index contributed by atoms with van der Waals surface area (Å²) in [6.45, 7) is 6.68. The molecule has 1 N–H and O–H groups in total. The maximum Gasteiger partial charge on any atom is 0.190 e. The van der Waals surface area contributed by atoms with Crippen molar-refractivity contribution < 1.29 is 9.47 Å². The van der Waals surface area contributed by atoms with Crippen molar-refractivity contribution in [3.05, 3.63) is 77.9 Å². The van der Waals surface area contributed by atoms with Crippen LogP contribution in [0, 0.1) is 0 Å². The van der Waals surface area contributed by atoms with E-state index in [-0.39, 0.29) is 5.41 Å². The van der Waals surface area contributed by atoms with Gasteiger partial charge in [0.05, 0.1) is 19.7 Å². The molecule has 1 heterocycles. The normalized spacial score (nSPS) is 11.4. The highest BCUT2D eigenvalue weighted by Crippen LogP contribution is 2.32. The molecule has 0 aliphatic heterocycles. The maximum absolute atomic E-state index is 5.41. The SMILES string of the molecule is COc1cc(Nc2nc(SCc3ccc(C(C)(C)C)cc3)nc3ccccc23)cc(OC)c1. The molecule has 0 unspecified atom stereocenters. The third kappa shape index (κ3) is 5.57. The molecule has 170 valence electrons. The first kappa shape index (κ1) is 22.9. The van der Waals surface area contributed by atoms with Crippen molar-refractivity contribution in [1.29, 1.82) is 0 Å². The molecule has 33 heavy (non-hydrogen) atoms. The molecule has 0 aliphatic carbocycles. The van der Waals surface area contributed by atoms with Crippen LogP contribution in [0.5, 0.6) is 11.5 Å². The van der Waals surface area contributed by atoms with Crippen molar-refractivity contribution in [3.8, 4) is 11.5 Å². The van der Waals surface area contributed by atoms with Crippen LogP contribution in [0.2, 0.25) is 0 Å². The standard InChI is InChI=1S/C27H29N3O2S/c1-27(2,3)19-12-10-18(11-13-19)17-33-26-29-24-9-7-6-8-23(24)25(30-26)28-20-14-21(31-4)16-22(15-20)32-5/h6-16H,17H2,1-5H3,(H,28,29,30). The van der Waals surface area contributed by atoms with Crippen LogP contribution < -0.4 is 14.8 Å². The minimum atomic E-state index is 0.149. The Bertz CT molecular complexity index is 1230. The van der Waals surface area contributed by atoms with Gasteiger partial charge < -0.3 is 14.8 Å². The highest BCUT2D eigenvalue weighted by atomic mass is 32.2. The number of benzene rings is 3.